The van der Waals surface area contributed by atoms with Crippen LogP contribution in [0.25, 0.3) is 0 Å². The predicted molar refractivity (Wildman–Crippen MR) is 27.1 cm³/mol. The SMILES string of the molecule is CC(C=O)C(=N)N. The summed E-state index contributed by atoms with van der Waals surface area (Å²) in [5, 5.41) is 6.65. The number of amidine groups is 1. The standard InChI is InChI=1S/C4H8N2O/c1-3(2-7)4(5)6/h2-3H,1H3,(H3,5,6). The zero-order valence-corrected chi connectivity index (χ0v) is 4.14. The Balaban J connectivity index is 3.55. The average Bonchev–Trinajstić information content (AvgIpc) is 1.65. The van der Waals surface area contributed by atoms with Gasteiger partial charge in [0.15, 0.2) is 0 Å². The van der Waals surface area contributed by atoms with E-state index in [0.717, 1.165) is 0 Å². The normalized spacial score (nSPS) is 12.7. The van der Waals surface area contributed by atoms with E-state index in [0.29, 0.717) is 6.29 Å². The molecule has 0 saturated carbocycles. The van der Waals surface area contributed by atoms with E-state index in [-0.39, 0.29) is 5.84 Å². The molecule has 0 aromatic rings. The molecule has 0 aromatic carbocycles. The summed E-state index contributed by atoms with van der Waals surface area (Å²) in [6, 6.07) is 0. The van der Waals surface area contributed by atoms with Crippen molar-refractivity contribution in [2.45, 2.75) is 6.92 Å². The van der Waals surface area contributed by atoms with Crippen LogP contribution in [0.4, 0.5) is 0 Å². The van der Waals surface area contributed by atoms with E-state index in [9.17, 15) is 4.79 Å². The Morgan fingerprint density at radius 3 is 2.43 bits per heavy atom. The van der Waals surface area contributed by atoms with E-state index < -0.39 is 5.92 Å². The Labute approximate surface area is 42.0 Å². The van der Waals surface area contributed by atoms with Crippen molar-refractivity contribution in [3.8, 4) is 0 Å². The highest BCUT2D eigenvalue weighted by Crippen LogP contribution is 1.82. The van der Waals surface area contributed by atoms with Crippen molar-refractivity contribution in [1.82, 2.24) is 0 Å². The van der Waals surface area contributed by atoms with Crippen molar-refractivity contribution >= 4 is 12.1 Å². The van der Waals surface area contributed by atoms with Gasteiger partial charge in [0, 0.05) is 0 Å². The van der Waals surface area contributed by atoms with E-state index in [1.165, 1.54) is 0 Å². The summed E-state index contributed by atoms with van der Waals surface area (Å²) < 4.78 is 0. The lowest BCUT2D eigenvalue weighted by atomic mass is 10.2. The van der Waals surface area contributed by atoms with Gasteiger partial charge in [0.25, 0.3) is 0 Å². The lowest BCUT2D eigenvalue weighted by Crippen LogP contribution is -2.20. The fourth-order valence-corrected chi connectivity index (χ4v) is 0.0733. The third kappa shape index (κ3) is 1.92. The number of hydrogen-bond acceptors (Lipinski definition) is 2. The van der Waals surface area contributed by atoms with Gasteiger partial charge in [-0.05, 0) is 6.92 Å². The van der Waals surface area contributed by atoms with Gasteiger partial charge in [0.05, 0.1) is 5.92 Å². The van der Waals surface area contributed by atoms with Gasteiger partial charge < -0.3 is 10.5 Å². The van der Waals surface area contributed by atoms with Crippen molar-refractivity contribution in [3.63, 3.8) is 0 Å². The molecular weight excluding hydrogens is 92.1 g/mol. The molecule has 1 unspecified atom stereocenters. The van der Waals surface area contributed by atoms with Gasteiger partial charge in [0.2, 0.25) is 0 Å². The molecule has 0 aliphatic carbocycles. The molecule has 0 amide bonds. The lowest BCUT2D eigenvalue weighted by molar-refractivity contribution is -0.109. The molecule has 0 aliphatic rings. The first-order chi connectivity index (χ1) is 3.18. The number of aldehydes is 1. The van der Waals surface area contributed by atoms with Gasteiger partial charge in [-0.3, -0.25) is 5.41 Å². The van der Waals surface area contributed by atoms with Gasteiger partial charge in [-0.1, -0.05) is 0 Å². The Bertz CT molecular complexity index is 89.7. The second kappa shape index (κ2) is 2.34. The first-order valence-corrected chi connectivity index (χ1v) is 1.97. The van der Waals surface area contributed by atoms with Crippen LogP contribution in [0.5, 0.6) is 0 Å². The topological polar surface area (TPSA) is 66.9 Å². The maximum atomic E-state index is 9.73. The van der Waals surface area contributed by atoms with Gasteiger partial charge in [-0.25, -0.2) is 0 Å². The van der Waals surface area contributed by atoms with Gasteiger partial charge >= 0.3 is 0 Å². The van der Waals surface area contributed by atoms with Crippen LogP contribution in [0, 0.1) is 11.3 Å². The summed E-state index contributed by atoms with van der Waals surface area (Å²) in [5.41, 5.74) is 4.90. The number of nitrogens with one attached hydrogen (secondary N) is 1. The average molecular weight is 100 g/mol. The summed E-state index contributed by atoms with van der Waals surface area (Å²) >= 11 is 0. The molecule has 40 valence electrons. The lowest BCUT2D eigenvalue weighted by Gasteiger charge is -1.94. The number of rotatable bonds is 2. The minimum Gasteiger partial charge on any atom is -0.387 e. The molecule has 1 atom stereocenters. The van der Waals surface area contributed by atoms with Crippen LogP contribution in [0.1, 0.15) is 6.92 Å². The zero-order chi connectivity index (χ0) is 5.86. The molecule has 0 bridgehead atoms. The molecule has 7 heavy (non-hydrogen) atoms. The van der Waals surface area contributed by atoms with Crippen LogP contribution in [0.3, 0.4) is 0 Å². The Morgan fingerprint density at radius 1 is 2.00 bits per heavy atom. The van der Waals surface area contributed by atoms with E-state index in [4.69, 9.17) is 11.1 Å². The van der Waals surface area contributed by atoms with E-state index in [1.807, 2.05) is 0 Å². The maximum absolute atomic E-state index is 9.73. The van der Waals surface area contributed by atoms with Crippen molar-refractivity contribution in [2.75, 3.05) is 0 Å². The van der Waals surface area contributed by atoms with Crippen molar-refractivity contribution in [3.05, 3.63) is 0 Å². The van der Waals surface area contributed by atoms with Gasteiger partial charge in [0.1, 0.15) is 12.1 Å². The van der Waals surface area contributed by atoms with Crippen LogP contribution in [-0.2, 0) is 4.79 Å². The second-order valence-electron chi connectivity index (χ2n) is 1.38. The number of hydrogen-bond donors (Lipinski definition) is 2. The second-order valence-corrected chi connectivity index (χ2v) is 1.38. The van der Waals surface area contributed by atoms with E-state index in [1.54, 1.807) is 6.92 Å². The minimum atomic E-state index is -0.417. The highest BCUT2D eigenvalue weighted by Gasteiger charge is 1.98. The molecule has 0 saturated heterocycles. The predicted octanol–water partition coefficient (Wildman–Crippen LogP) is -0.243. The molecule has 0 fully saturated rings. The Morgan fingerprint density at radius 2 is 2.43 bits per heavy atom. The largest absolute Gasteiger partial charge is 0.387 e. The molecule has 3 N–H and O–H groups in total. The van der Waals surface area contributed by atoms with Gasteiger partial charge in [-0.2, -0.15) is 0 Å². The Hall–Kier alpha value is -0.860. The molecule has 3 nitrogen and oxygen atoms in total. The molecule has 0 radical (unpaired) electrons. The molecule has 3 heteroatoms. The van der Waals surface area contributed by atoms with E-state index >= 15 is 0 Å². The summed E-state index contributed by atoms with van der Waals surface area (Å²) in [7, 11) is 0. The molecule has 0 spiro atoms. The number of carbonyl (C=O) groups excluding carboxylic acids is 1. The van der Waals surface area contributed by atoms with Crippen molar-refractivity contribution in [1.29, 1.82) is 5.41 Å². The fourth-order valence-electron chi connectivity index (χ4n) is 0.0733. The number of carbonyl (C=O) groups is 1. The third-order valence-corrected chi connectivity index (χ3v) is 0.695. The van der Waals surface area contributed by atoms with Crippen LogP contribution in [-0.4, -0.2) is 12.1 Å². The highest BCUT2D eigenvalue weighted by molar-refractivity contribution is 5.91. The molecule has 0 aromatic heterocycles. The summed E-state index contributed by atoms with van der Waals surface area (Å²) in [4.78, 5) is 9.73. The summed E-state index contributed by atoms with van der Waals surface area (Å²) in [6.45, 7) is 1.58. The monoisotopic (exact) mass is 100 g/mol. The molecular formula is C4H8N2O. The third-order valence-electron chi connectivity index (χ3n) is 0.695. The van der Waals surface area contributed by atoms with Crippen LogP contribution in [0.15, 0.2) is 0 Å². The quantitative estimate of drug-likeness (QED) is 0.285. The van der Waals surface area contributed by atoms with Crippen molar-refractivity contribution in [2.24, 2.45) is 11.7 Å². The molecule has 0 rings (SSSR count). The highest BCUT2D eigenvalue weighted by atomic mass is 16.1. The first-order valence-electron chi connectivity index (χ1n) is 1.97. The van der Waals surface area contributed by atoms with Crippen molar-refractivity contribution < 1.29 is 4.79 Å². The van der Waals surface area contributed by atoms with E-state index in [2.05, 4.69) is 0 Å². The number of nitrogens with two attached hydrogens (primary N) is 1. The fraction of sp³-hybridized carbons (Fsp3) is 0.500. The van der Waals surface area contributed by atoms with Crippen LogP contribution >= 0.6 is 0 Å². The molecule has 0 heterocycles. The van der Waals surface area contributed by atoms with Crippen LogP contribution in [0.2, 0.25) is 0 Å². The summed E-state index contributed by atoms with van der Waals surface area (Å²) in [6.07, 6.45) is 0.641. The summed E-state index contributed by atoms with van der Waals surface area (Å²) in [5.74, 6) is -0.491. The molecule has 0 aliphatic heterocycles. The first kappa shape index (κ1) is 6.14. The smallest absolute Gasteiger partial charge is 0.130 e. The van der Waals surface area contributed by atoms with Gasteiger partial charge in [-0.15, -0.1) is 0 Å². The van der Waals surface area contributed by atoms with Crippen LogP contribution < -0.4 is 5.73 Å². The maximum Gasteiger partial charge on any atom is 0.130 e. The zero-order valence-electron chi connectivity index (χ0n) is 4.14. The minimum absolute atomic E-state index is 0.0741. The Kier molecular flexibility index (Phi) is 2.05.